The van der Waals surface area contributed by atoms with E-state index in [4.69, 9.17) is 4.74 Å². The van der Waals surface area contributed by atoms with Gasteiger partial charge in [0, 0.05) is 39.5 Å². The molecule has 4 rings (SSSR count). The molecule has 1 atom stereocenters. The first-order valence-corrected chi connectivity index (χ1v) is 11.7. The highest BCUT2D eigenvalue weighted by atomic mass is 32.2. The summed E-state index contributed by atoms with van der Waals surface area (Å²) in [5, 5.41) is 1.19. The van der Waals surface area contributed by atoms with Gasteiger partial charge < -0.3 is 9.72 Å². The second-order valence-corrected chi connectivity index (χ2v) is 9.33. The third kappa shape index (κ3) is 4.89. The molecular formula is C26H30N2O2S. The molecule has 3 aromatic rings. The SMILES string of the molecule is CC/C1=C/CCC(C(=O)OC)c2[nH]c3ccc(Sc4ccccc4)cc3c2CN(C)C1. The van der Waals surface area contributed by atoms with Crippen LogP contribution < -0.4 is 0 Å². The zero-order valence-corrected chi connectivity index (χ0v) is 19.3. The lowest BCUT2D eigenvalue weighted by atomic mass is 9.93. The molecule has 0 saturated heterocycles. The Balaban J connectivity index is 1.78. The van der Waals surface area contributed by atoms with Crippen molar-refractivity contribution in [1.29, 1.82) is 0 Å². The van der Waals surface area contributed by atoms with Crippen molar-refractivity contribution in [1.82, 2.24) is 9.88 Å². The zero-order chi connectivity index (χ0) is 21.8. The maximum Gasteiger partial charge on any atom is 0.314 e. The normalized spacial score (nSPS) is 19.5. The number of aromatic nitrogens is 1. The number of hydrogen-bond donors (Lipinski definition) is 1. The number of benzene rings is 2. The number of nitrogens with one attached hydrogen (secondary N) is 1. The summed E-state index contributed by atoms with van der Waals surface area (Å²) >= 11 is 1.76. The number of methoxy groups -OCH3 is 1. The van der Waals surface area contributed by atoms with E-state index in [0.717, 1.165) is 43.6 Å². The number of likely N-dealkylation sites (N-methyl/N-ethyl adjacent to an activating group) is 1. The molecule has 162 valence electrons. The second kappa shape index (κ2) is 9.75. The number of fused-ring (bicyclic) bond motifs is 3. The van der Waals surface area contributed by atoms with Crippen LogP contribution in [0, 0.1) is 0 Å². The Morgan fingerprint density at radius 3 is 2.71 bits per heavy atom. The Hall–Kier alpha value is -2.50. The monoisotopic (exact) mass is 434 g/mol. The average Bonchev–Trinajstić information content (AvgIpc) is 3.13. The molecule has 0 radical (unpaired) electrons. The molecule has 1 unspecified atom stereocenters. The topological polar surface area (TPSA) is 45.3 Å². The van der Waals surface area contributed by atoms with Crippen molar-refractivity contribution in [3.63, 3.8) is 0 Å². The smallest absolute Gasteiger partial charge is 0.314 e. The molecule has 4 nitrogen and oxygen atoms in total. The van der Waals surface area contributed by atoms with Gasteiger partial charge in [0.2, 0.25) is 0 Å². The van der Waals surface area contributed by atoms with E-state index in [1.54, 1.807) is 11.8 Å². The maximum atomic E-state index is 12.7. The lowest BCUT2D eigenvalue weighted by molar-refractivity contribution is -0.142. The summed E-state index contributed by atoms with van der Waals surface area (Å²) in [5.41, 5.74) is 4.71. The number of esters is 1. The van der Waals surface area contributed by atoms with Crippen LogP contribution in [0.15, 0.2) is 70.0 Å². The van der Waals surface area contributed by atoms with Gasteiger partial charge in [-0.15, -0.1) is 0 Å². The Kier molecular flexibility index (Phi) is 6.83. The van der Waals surface area contributed by atoms with Crippen LogP contribution in [-0.4, -0.2) is 36.6 Å². The largest absolute Gasteiger partial charge is 0.469 e. The zero-order valence-electron chi connectivity index (χ0n) is 18.5. The molecule has 2 heterocycles. The van der Waals surface area contributed by atoms with E-state index >= 15 is 0 Å². The number of rotatable bonds is 4. The predicted octanol–water partition coefficient (Wildman–Crippen LogP) is 6.14. The van der Waals surface area contributed by atoms with Crippen LogP contribution in [0.1, 0.15) is 43.4 Å². The summed E-state index contributed by atoms with van der Waals surface area (Å²) in [6.07, 6.45) is 4.96. The summed E-state index contributed by atoms with van der Waals surface area (Å²) in [4.78, 5) is 21.1. The van der Waals surface area contributed by atoms with Crippen molar-refractivity contribution in [2.24, 2.45) is 0 Å². The van der Waals surface area contributed by atoms with E-state index in [1.807, 2.05) is 6.07 Å². The van der Waals surface area contributed by atoms with Crippen LogP contribution in [0.25, 0.3) is 10.9 Å². The van der Waals surface area contributed by atoms with Crippen LogP contribution in [0.3, 0.4) is 0 Å². The second-order valence-electron chi connectivity index (χ2n) is 8.18. The molecule has 1 aromatic heterocycles. The fourth-order valence-electron chi connectivity index (χ4n) is 4.37. The first kappa shape index (κ1) is 21.7. The van der Waals surface area contributed by atoms with Crippen LogP contribution in [0.2, 0.25) is 0 Å². The fourth-order valence-corrected chi connectivity index (χ4v) is 5.25. The van der Waals surface area contributed by atoms with Crippen molar-refractivity contribution < 1.29 is 9.53 Å². The van der Waals surface area contributed by atoms with Crippen LogP contribution >= 0.6 is 11.8 Å². The molecule has 1 N–H and O–H groups in total. The summed E-state index contributed by atoms with van der Waals surface area (Å²) in [7, 11) is 3.64. The van der Waals surface area contributed by atoms with Crippen molar-refractivity contribution >= 4 is 28.6 Å². The summed E-state index contributed by atoms with van der Waals surface area (Å²) in [6.45, 7) is 3.94. The van der Waals surface area contributed by atoms with Crippen LogP contribution in [0.4, 0.5) is 0 Å². The van der Waals surface area contributed by atoms with Gasteiger partial charge >= 0.3 is 5.97 Å². The average molecular weight is 435 g/mol. The van der Waals surface area contributed by atoms with Crippen LogP contribution in [0.5, 0.6) is 0 Å². The standard InChI is InChI=1S/C26H30N2O2S/c1-4-18-9-8-12-21(26(29)30-3)25-23(17-28(2)16-18)22-15-20(13-14-24(22)27-25)31-19-10-6-5-7-11-19/h5-7,9-11,13-15,21,27H,4,8,12,16-17H2,1-3H3/b18-9-. The Labute approximate surface area is 188 Å². The summed E-state index contributed by atoms with van der Waals surface area (Å²) in [5.74, 6) is -0.445. The molecule has 0 saturated carbocycles. The molecule has 5 heteroatoms. The van der Waals surface area contributed by atoms with E-state index in [1.165, 1.54) is 33.4 Å². The van der Waals surface area contributed by atoms with E-state index < -0.39 is 0 Å². The van der Waals surface area contributed by atoms with E-state index in [0.29, 0.717) is 0 Å². The fraction of sp³-hybridized carbons (Fsp3) is 0.346. The Morgan fingerprint density at radius 2 is 1.97 bits per heavy atom. The van der Waals surface area contributed by atoms with E-state index in [-0.39, 0.29) is 11.9 Å². The quantitative estimate of drug-likeness (QED) is 0.396. The van der Waals surface area contributed by atoms with Crippen molar-refractivity contribution in [2.75, 3.05) is 20.7 Å². The molecule has 1 aliphatic rings. The maximum absolute atomic E-state index is 12.7. The minimum absolute atomic E-state index is 0.165. The number of carbonyl (C=O) groups excluding carboxylic acids is 1. The van der Waals surface area contributed by atoms with Gasteiger partial charge in [0.15, 0.2) is 0 Å². The Bertz CT molecular complexity index is 1090. The highest BCUT2D eigenvalue weighted by molar-refractivity contribution is 7.99. The van der Waals surface area contributed by atoms with Crippen LogP contribution in [-0.2, 0) is 16.1 Å². The highest BCUT2D eigenvalue weighted by Gasteiger charge is 2.28. The highest BCUT2D eigenvalue weighted by Crippen LogP contribution is 2.36. The molecule has 2 aromatic carbocycles. The first-order chi connectivity index (χ1) is 15.1. The molecule has 0 amide bonds. The van der Waals surface area contributed by atoms with Gasteiger partial charge in [-0.3, -0.25) is 9.69 Å². The van der Waals surface area contributed by atoms with Gasteiger partial charge in [-0.05, 0) is 62.2 Å². The van der Waals surface area contributed by atoms with E-state index in [2.05, 4.69) is 72.4 Å². The predicted molar refractivity (Wildman–Crippen MR) is 128 cm³/mol. The minimum atomic E-state index is -0.279. The molecule has 31 heavy (non-hydrogen) atoms. The number of aromatic amines is 1. The lowest BCUT2D eigenvalue weighted by Crippen LogP contribution is -2.24. The van der Waals surface area contributed by atoms with Gasteiger partial charge in [-0.1, -0.05) is 48.5 Å². The number of ether oxygens (including phenoxy) is 1. The third-order valence-corrected chi connectivity index (χ3v) is 6.96. The molecule has 0 aliphatic carbocycles. The molecule has 0 spiro atoms. The minimum Gasteiger partial charge on any atom is -0.469 e. The molecule has 1 aliphatic heterocycles. The summed E-state index contributed by atoms with van der Waals surface area (Å²) in [6, 6.07) is 17.0. The van der Waals surface area contributed by atoms with Gasteiger partial charge in [0.25, 0.3) is 0 Å². The van der Waals surface area contributed by atoms with Crippen molar-refractivity contribution in [3.05, 3.63) is 71.4 Å². The number of carbonyl (C=O) groups is 1. The van der Waals surface area contributed by atoms with Gasteiger partial charge in [0.1, 0.15) is 0 Å². The van der Waals surface area contributed by atoms with Crippen molar-refractivity contribution in [2.45, 2.75) is 48.4 Å². The molecule has 0 fully saturated rings. The third-order valence-electron chi connectivity index (χ3n) is 5.97. The number of nitrogens with zero attached hydrogens (tertiary/aromatic N) is 1. The lowest BCUT2D eigenvalue weighted by Gasteiger charge is -2.23. The van der Waals surface area contributed by atoms with Crippen molar-refractivity contribution in [3.8, 4) is 0 Å². The number of allylic oxidation sites excluding steroid dienone is 1. The Morgan fingerprint density at radius 1 is 1.16 bits per heavy atom. The van der Waals surface area contributed by atoms with Gasteiger partial charge in [-0.2, -0.15) is 0 Å². The number of H-pyrrole nitrogens is 1. The first-order valence-electron chi connectivity index (χ1n) is 10.9. The van der Waals surface area contributed by atoms with Gasteiger partial charge in [0.05, 0.1) is 13.0 Å². The van der Waals surface area contributed by atoms with E-state index in [9.17, 15) is 4.79 Å². The number of hydrogen-bond acceptors (Lipinski definition) is 4. The molecular weight excluding hydrogens is 404 g/mol. The summed E-state index contributed by atoms with van der Waals surface area (Å²) < 4.78 is 5.20. The van der Waals surface area contributed by atoms with Gasteiger partial charge in [-0.25, -0.2) is 0 Å². The molecule has 0 bridgehead atoms.